The zero-order valence-electron chi connectivity index (χ0n) is 11.9. The second-order valence-corrected chi connectivity index (χ2v) is 5.85. The molecule has 0 saturated carbocycles. The van der Waals surface area contributed by atoms with Crippen LogP contribution in [0.2, 0.25) is 0 Å². The summed E-state index contributed by atoms with van der Waals surface area (Å²) in [5.41, 5.74) is 0.663. The summed E-state index contributed by atoms with van der Waals surface area (Å²) in [5, 5.41) is 7.46. The van der Waals surface area contributed by atoms with Crippen LogP contribution in [0.5, 0.6) is 0 Å². The molecule has 112 valence electrons. The zero-order chi connectivity index (χ0) is 14.5. The van der Waals surface area contributed by atoms with E-state index in [4.69, 9.17) is 4.74 Å². The minimum absolute atomic E-state index is 0.118. The van der Waals surface area contributed by atoms with Crippen LogP contribution in [0.3, 0.4) is 0 Å². The molecule has 7 heteroatoms. The molecular formula is C13H21BrN4O2. The number of nitrogens with one attached hydrogen (secondary N) is 1. The van der Waals surface area contributed by atoms with Gasteiger partial charge in [0.1, 0.15) is 4.47 Å². The first-order valence-corrected chi connectivity index (χ1v) is 7.60. The van der Waals surface area contributed by atoms with Gasteiger partial charge in [-0.25, -0.2) is 4.68 Å². The minimum atomic E-state index is -0.118. The molecule has 2 heterocycles. The van der Waals surface area contributed by atoms with E-state index in [-0.39, 0.29) is 5.56 Å². The first-order chi connectivity index (χ1) is 9.61. The van der Waals surface area contributed by atoms with Gasteiger partial charge in [-0.3, -0.25) is 4.79 Å². The van der Waals surface area contributed by atoms with Gasteiger partial charge < -0.3 is 15.0 Å². The van der Waals surface area contributed by atoms with Gasteiger partial charge in [0.05, 0.1) is 18.5 Å². The summed E-state index contributed by atoms with van der Waals surface area (Å²) in [6.45, 7) is 3.87. The number of methoxy groups -OCH3 is 1. The molecule has 2 rings (SSSR count). The quantitative estimate of drug-likeness (QED) is 0.865. The standard InChI is InChI=1S/C13H21BrN4O2/c1-17-13(19)12(14)11(9-15-17)16-10-3-5-18(6-4-10)7-8-20-2/h9-10,16H,3-8H2,1-2H3. The topological polar surface area (TPSA) is 59.4 Å². The Hall–Kier alpha value is -0.920. The van der Waals surface area contributed by atoms with E-state index in [1.165, 1.54) is 4.68 Å². The highest BCUT2D eigenvalue weighted by atomic mass is 79.9. The Morgan fingerprint density at radius 1 is 1.50 bits per heavy atom. The number of aromatic nitrogens is 2. The molecule has 1 saturated heterocycles. The lowest BCUT2D eigenvalue weighted by molar-refractivity contribution is 0.132. The summed E-state index contributed by atoms with van der Waals surface area (Å²) in [6, 6.07) is 0.388. The first-order valence-electron chi connectivity index (χ1n) is 6.81. The highest BCUT2D eigenvalue weighted by molar-refractivity contribution is 9.10. The molecule has 6 nitrogen and oxygen atoms in total. The summed E-state index contributed by atoms with van der Waals surface area (Å²) < 4.78 is 6.97. The lowest BCUT2D eigenvalue weighted by atomic mass is 10.0. The van der Waals surface area contributed by atoms with E-state index in [1.807, 2.05) is 0 Å². The first kappa shape index (κ1) is 15.5. The molecule has 1 aliphatic heterocycles. The molecule has 1 aromatic heterocycles. The van der Waals surface area contributed by atoms with E-state index < -0.39 is 0 Å². The van der Waals surface area contributed by atoms with Gasteiger partial charge in [0, 0.05) is 39.8 Å². The number of aryl methyl sites for hydroxylation is 1. The molecule has 0 atom stereocenters. The average Bonchev–Trinajstić information content (AvgIpc) is 2.47. The molecular weight excluding hydrogens is 324 g/mol. The molecule has 0 radical (unpaired) electrons. The van der Waals surface area contributed by atoms with Crippen molar-refractivity contribution >= 4 is 21.6 Å². The number of halogens is 1. The van der Waals surface area contributed by atoms with Gasteiger partial charge in [0.15, 0.2) is 0 Å². The van der Waals surface area contributed by atoms with Gasteiger partial charge >= 0.3 is 0 Å². The fourth-order valence-corrected chi connectivity index (χ4v) is 2.83. The highest BCUT2D eigenvalue weighted by Crippen LogP contribution is 2.20. The Kier molecular flexibility index (Phi) is 5.56. The summed E-state index contributed by atoms with van der Waals surface area (Å²) in [5.74, 6) is 0. The normalized spacial score (nSPS) is 17.4. The maximum Gasteiger partial charge on any atom is 0.282 e. The molecule has 1 N–H and O–H groups in total. The number of hydrogen-bond donors (Lipinski definition) is 1. The van der Waals surface area contributed by atoms with Crippen molar-refractivity contribution in [2.45, 2.75) is 18.9 Å². The number of hydrogen-bond acceptors (Lipinski definition) is 5. The van der Waals surface area contributed by atoms with Crippen LogP contribution in [-0.4, -0.2) is 54.1 Å². The number of piperidine rings is 1. The Morgan fingerprint density at radius 3 is 2.85 bits per heavy atom. The van der Waals surface area contributed by atoms with Gasteiger partial charge in [0.25, 0.3) is 5.56 Å². The fourth-order valence-electron chi connectivity index (χ4n) is 2.35. The number of likely N-dealkylation sites (tertiary alicyclic amines) is 1. The molecule has 0 bridgehead atoms. The zero-order valence-corrected chi connectivity index (χ0v) is 13.5. The molecule has 0 unspecified atom stereocenters. The SMILES string of the molecule is COCCN1CCC(Nc2cnn(C)c(=O)c2Br)CC1. The predicted molar refractivity (Wildman–Crippen MR) is 82.1 cm³/mol. The maximum atomic E-state index is 11.8. The number of nitrogens with zero attached hydrogens (tertiary/aromatic N) is 3. The third kappa shape index (κ3) is 3.80. The van der Waals surface area contributed by atoms with Crippen molar-refractivity contribution in [1.29, 1.82) is 0 Å². The van der Waals surface area contributed by atoms with Crippen LogP contribution in [0, 0.1) is 0 Å². The summed E-state index contributed by atoms with van der Waals surface area (Å²) >= 11 is 3.34. The van der Waals surface area contributed by atoms with Crippen LogP contribution < -0.4 is 10.9 Å². The monoisotopic (exact) mass is 344 g/mol. The molecule has 0 amide bonds. The van der Waals surface area contributed by atoms with Crippen molar-refractivity contribution < 1.29 is 4.74 Å². The maximum absolute atomic E-state index is 11.8. The van der Waals surface area contributed by atoms with Crippen molar-refractivity contribution in [1.82, 2.24) is 14.7 Å². The predicted octanol–water partition coefficient (Wildman–Crippen LogP) is 1.07. The van der Waals surface area contributed by atoms with E-state index >= 15 is 0 Å². The lowest BCUT2D eigenvalue weighted by Crippen LogP contribution is -2.40. The van der Waals surface area contributed by atoms with Gasteiger partial charge in [-0.05, 0) is 28.8 Å². The summed E-state index contributed by atoms with van der Waals surface area (Å²) in [6.07, 6.45) is 3.82. The van der Waals surface area contributed by atoms with Crippen LogP contribution in [0.1, 0.15) is 12.8 Å². The molecule has 0 aromatic carbocycles. The van der Waals surface area contributed by atoms with Gasteiger partial charge in [0.2, 0.25) is 0 Å². The largest absolute Gasteiger partial charge is 0.383 e. The van der Waals surface area contributed by atoms with E-state index in [0.717, 1.165) is 44.8 Å². The fraction of sp³-hybridized carbons (Fsp3) is 0.692. The van der Waals surface area contributed by atoms with E-state index in [9.17, 15) is 4.79 Å². The van der Waals surface area contributed by atoms with Gasteiger partial charge in [-0.15, -0.1) is 0 Å². The van der Waals surface area contributed by atoms with Crippen LogP contribution in [0.15, 0.2) is 15.5 Å². The molecule has 1 aliphatic rings. The third-order valence-electron chi connectivity index (χ3n) is 3.64. The van der Waals surface area contributed by atoms with Crippen molar-refractivity contribution in [2.75, 3.05) is 38.7 Å². The Balaban J connectivity index is 1.90. The van der Waals surface area contributed by atoms with Crippen molar-refractivity contribution in [3.05, 3.63) is 21.0 Å². The molecule has 1 aromatic rings. The molecule has 1 fully saturated rings. The summed E-state index contributed by atoms with van der Waals surface area (Å²) in [4.78, 5) is 14.2. The third-order valence-corrected chi connectivity index (χ3v) is 4.40. The summed E-state index contributed by atoms with van der Waals surface area (Å²) in [7, 11) is 3.37. The van der Waals surface area contributed by atoms with Gasteiger partial charge in [-0.1, -0.05) is 0 Å². The molecule has 0 aliphatic carbocycles. The minimum Gasteiger partial charge on any atom is -0.383 e. The van der Waals surface area contributed by atoms with Crippen LogP contribution in [0.25, 0.3) is 0 Å². The highest BCUT2D eigenvalue weighted by Gasteiger charge is 2.20. The number of rotatable bonds is 5. The second kappa shape index (κ2) is 7.19. The molecule has 0 spiro atoms. The van der Waals surface area contributed by atoms with Crippen LogP contribution in [0.4, 0.5) is 5.69 Å². The Bertz CT molecular complexity index is 498. The van der Waals surface area contributed by atoms with Crippen molar-refractivity contribution in [3.63, 3.8) is 0 Å². The Morgan fingerprint density at radius 2 is 2.20 bits per heavy atom. The van der Waals surface area contributed by atoms with Crippen molar-refractivity contribution in [3.8, 4) is 0 Å². The van der Waals surface area contributed by atoms with E-state index in [2.05, 4.69) is 31.2 Å². The van der Waals surface area contributed by atoms with Gasteiger partial charge in [-0.2, -0.15) is 5.10 Å². The lowest BCUT2D eigenvalue weighted by Gasteiger charge is -2.32. The van der Waals surface area contributed by atoms with Crippen LogP contribution >= 0.6 is 15.9 Å². The van der Waals surface area contributed by atoms with E-state index in [1.54, 1.807) is 20.4 Å². The van der Waals surface area contributed by atoms with E-state index in [0.29, 0.717) is 10.5 Å². The van der Waals surface area contributed by atoms with Crippen molar-refractivity contribution in [2.24, 2.45) is 7.05 Å². The number of anilines is 1. The molecule has 20 heavy (non-hydrogen) atoms. The second-order valence-electron chi connectivity index (χ2n) is 5.05. The number of ether oxygens (including phenoxy) is 1. The average molecular weight is 345 g/mol. The Labute approximate surface area is 127 Å². The smallest absolute Gasteiger partial charge is 0.282 e. The van der Waals surface area contributed by atoms with Crippen LogP contribution in [-0.2, 0) is 11.8 Å².